The van der Waals surface area contributed by atoms with Crippen LogP contribution in [0.1, 0.15) is 29.4 Å². The van der Waals surface area contributed by atoms with Crippen LogP contribution >= 0.6 is 0 Å². The number of anilines is 1. The van der Waals surface area contributed by atoms with Crippen molar-refractivity contribution >= 4 is 5.82 Å². The summed E-state index contributed by atoms with van der Waals surface area (Å²) in [5.74, 6) is 1.54. The SMILES string of the molecule is CCNc1cc(-c2cc(C)c(C)cc2C)nc(COC)n1. The number of hydrogen-bond acceptors (Lipinski definition) is 4. The van der Waals surface area contributed by atoms with Crippen LogP contribution in [0.15, 0.2) is 18.2 Å². The molecule has 1 aromatic heterocycles. The molecule has 0 spiro atoms. The normalized spacial score (nSPS) is 10.7. The van der Waals surface area contributed by atoms with Crippen LogP contribution in [0.3, 0.4) is 0 Å². The van der Waals surface area contributed by atoms with E-state index >= 15 is 0 Å². The van der Waals surface area contributed by atoms with Gasteiger partial charge in [-0.1, -0.05) is 6.07 Å². The lowest BCUT2D eigenvalue weighted by Gasteiger charge is -2.12. The summed E-state index contributed by atoms with van der Waals surface area (Å²) in [6, 6.07) is 6.40. The molecule has 0 unspecified atom stereocenters. The smallest absolute Gasteiger partial charge is 0.157 e. The van der Waals surface area contributed by atoms with E-state index in [2.05, 4.69) is 55.1 Å². The number of nitrogens with zero attached hydrogens (tertiary/aromatic N) is 2. The number of aromatic nitrogens is 2. The van der Waals surface area contributed by atoms with Crippen molar-refractivity contribution in [1.82, 2.24) is 9.97 Å². The Bertz CT molecular complexity index is 614. The second kappa shape index (κ2) is 6.68. The van der Waals surface area contributed by atoms with E-state index in [1.54, 1.807) is 7.11 Å². The highest BCUT2D eigenvalue weighted by Crippen LogP contribution is 2.26. The average Bonchev–Trinajstić information content (AvgIpc) is 2.43. The molecular formula is C17H23N3O. The van der Waals surface area contributed by atoms with E-state index in [9.17, 15) is 0 Å². The molecule has 0 radical (unpaired) electrons. The van der Waals surface area contributed by atoms with Crippen molar-refractivity contribution in [3.05, 3.63) is 40.7 Å². The molecule has 0 aliphatic heterocycles. The third-order valence-electron chi connectivity index (χ3n) is 3.52. The van der Waals surface area contributed by atoms with Gasteiger partial charge < -0.3 is 10.1 Å². The van der Waals surface area contributed by atoms with Crippen molar-refractivity contribution in [2.45, 2.75) is 34.3 Å². The Kier molecular flexibility index (Phi) is 4.91. The Morgan fingerprint density at radius 1 is 1.00 bits per heavy atom. The van der Waals surface area contributed by atoms with Gasteiger partial charge >= 0.3 is 0 Å². The molecule has 2 rings (SSSR count). The van der Waals surface area contributed by atoms with Gasteiger partial charge in [0.15, 0.2) is 5.82 Å². The first-order chi connectivity index (χ1) is 10.0. The van der Waals surface area contributed by atoms with Gasteiger partial charge in [-0.25, -0.2) is 9.97 Å². The van der Waals surface area contributed by atoms with Gasteiger partial charge in [-0.3, -0.25) is 0 Å². The highest BCUT2D eigenvalue weighted by molar-refractivity contribution is 5.67. The molecule has 4 heteroatoms. The molecule has 1 heterocycles. The van der Waals surface area contributed by atoms with E-state index in [0.29, 0.717) is 12.4 Å². The summed E-state index contributed by atoms with van der Waals surface area (Å²) < 4.78 is 5.17. The van der Waals surface area contributed by atoms with E-state index in [1.165, 1.54) is 16.7 Å². The van der Waals surface area contributed by atoms with Crippen LogP contribution in [0.4, 0.5) is 5.82 Å². The first kappa shape index (κ1) is 15.4. The van der Waals surface area contributed by atoms with E-state index in [0.717, 1.165) is 23.6 Å². The number of methoxy groups -OCH3 is 1. The van der Waals surface area contributed by atoms with Gasteiger partial charge in [0.1, 0.15) is 12.4 Å². The zero-order valence-electron chi connectivity index (χ0n) is 13.4. The molecule has 0 aliphatic rings. The molecule has 0 aliphatic carbocycles. The minimum absolute atomic E-state index is 0.413. The molecule has 0 amide bonds. The summed E-state index contributed by atoms with van der Waals surface area (Å²) in [5, 5.41) is 3.26. The van der Waals surface area contributed by atoms with Crippen LogP contribution in [0.25, 0.3) is 11.3 Å². The second-order valence-electron chi connectivity index (χ2n) is 5.27. The van der Waals surface area contributed by atoms with Gasteiger partial charge in [0, 0.05) is 25.3 Å². The number of rotatable bonds is 5. The molecule has 0 atom stereocenters. The lowest BCUT2D eigenvalue weighted by atomic mass is 9.98. The van der Waals surface area contributed by atoms with Crippen LogP contribution < -0.4 is 5.32 Å². The van der Waals surface area contributed by atoms with Crippen molar-refractivity contribution in [3.63, 3.8) is 0 Å². The Hall–Kier alpha value is -1.94. The van der Waals surface area contributed by atoms with Crippen LogP contribution in [0.2, 0.25) is 0 Å². The number of ether oxygens (including phenoxy) is 1. The lowest BCUT2D eigenvalue weighted by molar-refractivity contribution is 0.178. The zero-order valence-corrected chi connectivity index (χ0v) is 13.4. The highest BCUT2D eigenvalue weighted by atomic mass is 16.5. The van der Waals surface area contributed by atoms with Crippen LogP contribution in [0, 0.1) is 20.8 Å². The van der Waals surface area contributed by atoms with Crippen molar-refractivity contribution in [2.75, 3.05) is 19.0 Å². The predicted octanol–water partition coefficient (Wildman–Crippen LogP) is 3.65. The number of benzene rings is 1. The van der Waals surface area contributed by atoms with E-state index in [1.807, 2.05) is 6.07 Å². The van der Waals surface area contributed by atoms with Crippen LogP contribution in [-0.4, -0.2) is 23.6 Å². The molecule has 0 fully saturated rings. The van der Waals surface area contributed by atoms with Crippen molar-refractivity contribution in [2.24, 2.45) is 0 Å². The molecule has 1 aromatic carbocycles. The lowest BCUT2D eigenvalue weighted by Crippen LogP contribution is -2.06. The molecule has 4 nitrogen and oxygen atoms in total. The van der Waals surface area contributed by atoms with Gasteiger partial charge in [0.25, 0.3) is 0 Å². The number of hydrogen-bond donors (Lipinski definition) is 1. The minimum Gasteiger partial charge on any atom is -0.377 e. The van der Waals surface area contributed by atoms with E-state index < -0.39 is 0 Å². The third kappa shape index (κ3) is 3.58. The van der Waals surface area contributed by atoms with Crippen molar-refractivity contribution < 1.29 is 4.74 Å². The molecule has 1 N–H and O–H groups in total. The fourth-order valence-electron chi connectivity index (χ4n) is 2.34. The molecule has 0 bridgehead atoms. The maximum Gasteiger partial charge on any atom is 0.157 e. The number of aryl methyl sites for hydroxylation is 3. The third-order valence-corrected chi connectivity index (χ3v) is 3.52. The summed E-state index contributed by atoms with van der Waals surface area (Å²) in [7, 11) is 1.66. The van der Waals surface area contributed by atoms with Gasteiger partial charge in [-0.15, -0.1) is 0 Å². The zero-order chi connectivity index (χ0) is 15.4. The topological polar surface area (TPSA) is 47.0 Å². The fourth-order valence-corrected chi connectivity index (χ4v) is 2.34. The van der Waals surface area contributed by atoms with Gasteiger partial charge in [-0.2, -0.15) is 0 Å². The molecular weight excluding hydrogens is 262 g/mol. The Balaban J connectivity index is 2.54. The number of nitrogens with one attached hydrogen (secondary N) is 1. The monoisotopic (exact) mass is 285 g/mol. The Morgan fingerprint density at radius 2 is 1.71 bits per heavy atom. The second-order valence-corrected chi connectivity index (χ2v) is 5.27. The summed E-state index contributed by atoms with van der Waals surface area (Å²) in [5.41, 5.74) is 5.88. The molecule has 2 aromatic rings. The summed E-state index contributed by atoms with van der Waals surface area (Å²) in [6.45, 7) is 9.67. The highest BCUT2D eigenvalue weighted by Gasteiger charge is 2.10. The molecule has 0 saturated heterocycles. The summed E-state index contributed by atoms with van der Waals surface area (Å²) >= 11 is 0. The molecule has 21 heavy (non-hydrogen) atoms. The van der Waals surface area contributed by atoms with Gasteiger partial charge in [0.2, 0.25) is 0 Å². The van der Waals surface area contributed by atoms with Crippen molar-refractivity contribution in [1.29, 1.82) is 0 Å². The minimum atomic E-state index is 0.413. The van der Waals surface area contributed by atoms with E-state index in [4.69, 9.17) is 4.74 Å². The first-order valence-corrected chi connectivity index (χ1v) is 7.24. The largest absolute Gasteiger partial charge is 0.377 e. The quantitative estimate of drug-likeness (QED) is 0.911. The van der Waals surface area contributed by atoms with Gasteiger partial charge in [0.05, 0.1) is 5.69 Å². The summed E-state index contributed by atoms with van der Waals surface area (Å²) in [4.78, 5) is 9.09. The molecule has 0 saturated carbocycles. The Morgan fingerprint density at radius 3 is 2.38 bits per heavy atom. The van der Waals surface area contributed by atoms with Crippen molar-refractivity contribution in [3.8, 4) is 11.3 Å². The standard InChI is InChI=1S/C17H23N3O/c1-6-18-16-9-15(19-17(20-16)10-21-5)14-8-12(3)11(2)7-13(14)4/h7-9H,6,10H2,1-5H3,(H,18,19,20). The first-order valence-electron chi connectivity index (χ1n) is 7.24. The van der Waals surface area contributed by atoms with Crippen LogP contribution in [0.5, 0.6) is 0 Å². The van der Waals surface area contributed by atoms with Gasteiger partial charge in [-0.05, 0) is 50.5 Å². The Labute approximate surface area is 126 Å². The average molecular weight is 285 g/mol. The predicted molar refractivity (Wildman–Crippen MR) is 86.6 cm³/mol. The molecule has 112 valence electrons. The van der Waals surface area contributed by atoms with Crippen LogP contribution in [-0.2, 0) is 11.3 Å². The maximum atomic E-state index is 5.17. The maximum absolute atomic E-state index is 5.17. The summed E-state index contributed by atoms with van der Waals surface area (Å²) in [6.07, 6.45) is 0. The fraction of sp³-hybridized carbons (Fsp3) is 0.412. The van der Waals surface area contributed by atoms with E-state index in [-0.39, 0.29) is 0 Å².